The Bertz CT molecular complexity index is 1400. The largest absolute Gasteiger partial charge is 0.508 e. The summed E-state index contributed by atoms with van der Waals surface area (Å²) < 4.78 is 5.60. The van der Waals surface area contributed by atoms with Crippen molar-refractivity contribution in [2.45, 2.75) is 31.8 Å². The number of carbonyl (C=O) groups is 3. The van der Waals surface area contributed by atoms with Gasteiger partial charge in [-0.05, 0) is 60.6 Å². The molecular formula is C27H25NO8. The number of phenolic OH excluding ortho intramolecular Hbond substituents is 1. The van der Waals surface area contributed by atoms with Crippen LogP contribution in [0.5, 0.6) is 11.5 Å². The number of amides is 1. The molecule has 3 atom stereocenters. The van der Waals surface area contributed by atoms with Crippen molar-refractivity contribution in [3.63, 3.8) is 0 Å². The molecule has 0 bridgehead atoms. The Morgan fingerprint density at radius 3 is 2.58 bits per heavy atom. The number of ketones is 2. The molecule has 0 spiro atoms. The van der Waals surface area contributed by atoms with Crippen LogP contribution < -0.4 is 10.5 Å². The normalized spacial score (nSPS) is 25.3. The topological polar surface area (TPSA) is 167 Å². The van der Waals surface area contributed by atoms with E-state index in [2.05, 4.69) is 0 Å². The van der Waals surface area contributed by atoms with Gasteiger partial charge in [-0.25, -0.2) is 0 Å². The van der Waals surface area contributed by atoms with Gasteiger partial charge >= 0.3 is 0 Å². The Balaban J connectivity index is 1.68. The zero-order valence-electron chi connectivity index (χ0n) is 19.4. The van der Waals surface area contributed by atoms with Gasteiger partial charge in [-0.3, -0.25) is 14.4 Å². The fourth-order valence-corrected chi connectivity index (χ4v) is 5.81. The summed E-state index contributed by atoms with van der Waals surface area (Å²) in [6, 6.07) is 10.5. The van der Waals surface area contributed by atoms with Gasteiger partial charge in [0.1, 0.15) is 28.6 Å². The summed E-state index contributed by atoms with van der Waals surface area (Å²) >= 11 is 0. The van der Waals surface area contributed by atoms with E-state index >= 15 is 0 Å². The second-order valence-electron chi connectivity index (χ2n) is 9.35. The second kappa shape index (κ2) is 8.23. The second-order valence-corrected chi connectivity index (χ2v) is 9.35. The third-order valence-electron chi connectivity index (χ3n) is 7.40. The van der Waals surface area contributed by atoms with E-state index in [0.717, 1.165) is 11.1 Å². The molecule has 0 aromatic heterocycles. The molecule has 1 fully saturated rings. The lowest BCUT2D eigenvalue weighted by molar-refractivity contribution is -0.147. The summed E-state index contributed by atoms with van der Waals surface area (Å²) in [7, 11) is 0. The molecule has 2 aromatic rings. The van der Waals surface area contributed by atoms with Gasteiger partial charge in [0, 0.05) is 17.9 Å². The fraction of sp³-hybridized carbons (Fsp3) is 0.296. The van der Waals surface area contributed by atoms with E-state index in [9.17, 15) is 34.8 Å². The number of hydrogen-bond acceptors (Lipinski definition) is 8. The van der Waals surface area contributed by atoms with Gasteiger partial charge < -0.3 is 30.9 Å². The van der Waals surface area contributed by atoms with Gasteiger partial charge in [0.15, 0.2) is 11.4 Å². The molecular weight excluding hydrogens is 466 g/mol. The van der Waals surface area contributed by atoms with Gasteiger partial charge in [0.05, 0.1) is 12.2 Å². The van der Waals surface area contributed by atoms with Crippen molar-refractivity contribution in [1.82, 2.24) is 0 Å². The molecule has 6 N–H and O–H groups in total. The zero-order valence-corrected chi connectivity index (χ0v) is 19.4. The minimum absolute atomic E-state index is 0.0569. The number of benzene rings is 2. The van der Waals surface area contributed by atoms with Crippen molar-refractivity contribution in [2.75, 3.05) is 6.61 Å². The van der Waals surface area contributed by atoms with Crippen molar-refractivity contribution >= 4 is 23.2 Å². The van der Waals surface area contributed by atoms with Crippen LogP contribution in [0.3, 0.4) is 0 Å². The molecule has 3 aliphatic carbocycles. The first-order valence-corrected chi connectivity index (χ1v) is 11.6. The number of primary amides is 1. The van der Waals surface area contributed by atoms with E-state index in [1.54, 1.807) is 6.07 Å². The Hall–Kier alpha value is -4.11. The highest BCUT2D eigenvalue weighted by atomic mass is 16.5. The third kappa shape index (κ3) is 3.23. The number of ether oxygens (including phenoxy) is 1. The van der Waals surface area contributed by atoms with Crippen molar-refractivity contribution in [3.8, 4) is 22.6 Å². The lowest BCUT2D eigenvalue weighted by atomic mass is 9.59. The molecule has 3 aliphatic rings. The van der Waals surface area contributed by atoms with Crippen molar-refractivity contribution in [3.05, 3.63) is 64.4 Å². The maximum absolute atomic E-state index is 13.6. The van der Waals surface area contributed by atoms with Crippen LogP contribution in [-0.4, -0.2) is 50.1 Å². The molecule has 9 nitrogen and oxygen atoms in total. The lowest BCUT2D eigenvalue weighted by Crippen LogP contribution is -2.58. The first-order chi connectivity index (χ1) is 17.1. The summed E-state index contributed by atoms with van der Waals surface area (Å²) in [6.45, 7) is 2.35. The summed E-state index contributed by atoms with van der Waals surface area (Å²) in [5.41, 5.74) is 3.83. The van der Waals surface area contributed by atoms with Crippen molar-refractivity contribution in [2.24, 2.45) is 17.6 Å². The molecule has 0 radical (unpaired) electrons. The number of aliphatic hydroxyl groups excluding tert-OH is 2. The van der Waals surface area contributed by atoms with Crippen LogP contribution in [0.1, 0.15) is 30.9 Å². The molecule has 0 aliphatic heterocycles. The monoisotopic (exact) mass is 491 g/mol. The maximum Gasteiger partial charge on any atom is 0.255 e. The standard InChI is InChI=1S/C27H25NO8/c1-2-36-15-5-3-4-12(9-15)16-6-7-18(29)21-17(16)10-13-8-14-11-19(30)22(26(28)34)25(33)27(14,35)24(32)20(13)23(21)31/h3-7,9,13-14,29,31,33,35H,2,8,10-11H2,1H3,(H2,28,34)/t13-,14+,27+/m1/s1. The Morgan fingerprint density at radius 2 is 1.89 bits per heavy atom. The average molecular weight is 491 g/mol. The quantitative estimate of drug-likeness (QED) is 0.407. The molecule has 9 heteroatoms. The van der Waals surface area contributed by atoms with Crippen LogP contribution in [0.25, 0.3) is 16.9 Å². The van der Waals surface area contributed by atoms with Crippen LogP contribution in [0.2, 0.25) is 0 Å². The van der Waals surface area contributed by atoms with Crippen molar-refractivity contribution < 1.29 is 39.5 Å². The highest BCUT2D eigenvalue weighted by molar-refractivity contribution is 6.22. The number of rotatable bonds is 4. The predicted octanol–water partition coefficient (Wildman–Crippen LogP) is 2.49. The minimum Gasteiger partial charge on any atom is -0.508 e. The smallest absolute Gasteiger partial charge is 0.255 e. The Kier molecular flexibility index (Phi) is 5.40. The molecule has 36 heavy (non-hydrogen) atoms. The first-order valence-electron chi connectivity index (χ1n) is 11.6. The van der Waals surface area contributed by atoms with Crippen LogP contribution in [0.15, 0.2) is 53.3 Å². The van der Waals surface area contributed by atoms with Gasteiger partial charge in [-0.1, -0.05) is 18.2 Å². The molecule has 1 saturated carbocycles. The van der Waals surface area contributed by atoms with Crippen LogP contribution in [0.4, 0.5) is 0 Å². The van der Waals surface area contributed by atoms with Gasteiger partial charge in [-0.15, -0.1) is 0 Å². The van der Waals surface area contributed by atoms with E-state index in [1.807, 2.05) is 31.2 Å². The molecule has 186 valence electrons. The zero-order chi connectivity index (χ0) is 25.9. The van der Waals surface area contributed by atoms with E-state index in [1.165, 1.54) is 6.07 Å². The first kappa shape index (κ1) is 23.6. The summed E-state index contributed by atoms with van der Waals surface area (Å²) in [6.07, 6.45) is -0.0424. The van der Waals surface area contributed by atoms with E-state index < -0.39 is 52.0 Å². The number of hydrogen-bond donors (Lipinski definition) is 5. The number of fused-ring (bicyclic) bond motifs is 3. The molecule has 2 aromatic carbocycles. The number of aliphatic hydroxyl groups is 3. The predicted molar refractivity (Wildman–Crippen MR) is 128 cm³/mol. The molecule has 0 heterocycles. The molecule has 0 unspecified atom stereocenters. The number of Topliss-reactive ketones (excluding diaryl/α,β-unsaturated/α-hetero) is 2. The van der Waals surface area contributed by atoms with E-state index in [-0.39, 0.29) is 36.1 Å². The SMILES string of the molecule is CCOc1cccc(-c2ccc(O)c3c2C[C@H]2C[C@H]4CC(=O)C(C(N)=O)=C(O)[C@@]4(O)C(=O)C2=C3O)c1. The number of carbonyl (C=O) groups excluding carboxylic acids is 3. The minimum atomic E-state index is -2.57. The van der Waals surface area contributed by atoms with Crippen LogP contribution in [0, 0.1) is 11.8 Å². The van der Waals surface area contributed by atoms with Gasteiger partial charge in [0.2, 0.25) is 5.78 Å². The van der Waals surface area contributed by atoms with E-state index in [0.29, 0.717) is 17.9 Å². The highest BCUT2D eigenvalue weighted by Gasteiger charge is 2.60. The van der Waals surface area contributed by atoms with Gasteiger partial charge in [-0.2, -0.15) is 0 Å². The Morgan fingerprint density at radius 1 is 1.14 bits per heavy atom. The maximum atomic E-state index is 13.6. The molecule has 5 rings (SSSR count). The van der Waals surface area contributed by atoms with Crippen LogP contribution in [-0.2, 0) is 20.8 Å². The van der Waals surface area contributed by atoms with Crippen molar-refractivity contribution in [1.29, 1.82) is 0 Å². The highest BCUT2D eigenvalue weighted by Crippen LogP contribution is 2.53. The fourth-order valence-electron chi connectivity index (χ4n) is 5.81. The van der Waals surface area contributed by atoms with Gasteiger partial charge in [0.25, 0.3) is 5.91 Å². The average Bonchev–Trinajstić information content (AvgIpc) is 2.81. The number of nitrogens with two attached hydrogens (primary N) is 1. The summed E-state index contributed by atoms with van der Waals surface area (Å²) in [4.78, 5) is 37.8. The molecule has 1 amide bonds. The number of aromatic hydroxyl groups is 1. The third-order valence-corrected chi connectivity index (χ3v) is 7.40. The number of phenols is 1. The van der Waals surface area contributed by atoms with Crippen LogP contribution >= 0.6 is 0 Å². The van der Waals surface area contributed by atoms with E-state index in [4.69, 9.17) is 10.5 Å². The lowest BCUT2D eigenvalue weighted by Gasteiger charge is -2.46. The Labute approximate surface area is 206 Å². The summed E-state index contributed by atoms with van der Waals surface area (Å²) in [5, 5.41) is 43.9. The molecule has 0 saturated heterocycles. The summed E-state index contributed by atoms with van der Waals surface area (Å²) in [5.74, 6) is -5.81.